The number of rotatable bonds is 7. The third kappa shape index (κ3) is 9.39. The minimum Gasteiger partial charge on any atom is -0.458 e. The van der Waals surface area contributed by atoms with Crippen molar-refractivity contribution < 1.29 is 52.0 Å². The van der Waals surface area contributed by atoms with Gasteiger partial charge in [0.1, 0.15) is 18.1 Å². The molecule has 0 radical (unpaired) electrons. The van der Waals surface area contributed by atoms with E-state index in [0.717, 1.165) is 0 Å². The largest absolute Gasteiger partial charge is 0.458 e. The van der Waals surface area contributed by atoms with Gasteiger partial charge in [-0.3, -0.25) is 9.59 Å². The average molecular weight is 733 g/mol. The number of nitrogens with one attached hydrogen (secondary N) is 2. The molecule has 3 N–H and O–H groups in total. The molecule has 0 aromatic carbocycles. The van der Waals surface area contributed by atoms with Gasteiger partial charge in [0.2, 0.25) is 0 Å². The number of aliphatic hydroxyl groups excluding tert-OH is 1. The molecule has 0 aromatic heterocycles. The predicted octanol–water partition coefficient (Wildman–Crippen LogP) is 2.96. The van der Waals surface area contributed by atoms with Crippen molar-refractivity contribution in [2.24, 2.45) is 17.8 Å². The number of Topliss-reactive ketones (excluding diaryl/α,β-unsaturated/α-hetero) is 1. The van der Waals surface area contributed by atoms with E-state index in [0.29, 0.717) is 32.4 Å². The van der Waals surface area contributed by atoms with Crippen LogP contribution in [0, 0.1) is 17.8 Å². The van der Waals surface area contributed by atoms with Gasteiger partial charge in [-0.05, 0) is 73.5 Å². The molecule has 0 spiro atoms. The van der Waals surface area contributed by atoms with E-state index in [1.54, 1.807) is 21.0 Å². The number of carbonyl (C=O) groups excluding carboxylic acids is 3. The first-order chi connectivity index (χ1) is 23.7. The number of esters is 1. The highest BCUT2D eigenvalue weighted by Crippen LogP contribution is 2.38. The summed E-state index contributed by atoms with van der Waals surface area (Å²) in [6.45, 7) is 13.9. The zero-order chi connectivity index (χ0) is 38.1. The summed E-state index contributed by atoms with van der Waals surface area (Å²) in [7, 11) is 5.24. The van der Waals surface area contributed by atoms with Crippen molar-refractivity contribution in [1.82, 2.24) is 20.4 Å². The van der Waals surface area contributed by atoms with Crippen LogP contribution in [0.3, 0.4) is 0 Å². The summed E-state index contributed by atoms with van der Waals surface area (Å²) in [5, 5.41) is 18.0. The van der Waals surface area contributed by atoms with Gasteiger partial charge in [0.25, 0.3) is 5.92 Å². The minimum atomic E-state index is -2.68. The summed E-state index contributed by atoms with van der Waals surface area (Å²) >= 11 is 0. The van der Waals surface area contributed by atoms with Gasteiger partial charge in [-0.2, -0.15) is 0 Å². The zero-order valence-electron chi connectivity index (χ0n) is 32.1. The molecule has 5 unspecified atom stereocenters. The number of ketones is 1. The number of amides is 1. The molecule has 0 aromatic rings. The van der Waals surface area contributed by atoms with E-state index < -0.39 is 83.6 Å². The van der Waals surface area contributed by atoms with E-state index in [1.807, 2.05) is 51.6 Å². The van der Waals surface area contributed by atoms with E-state index in [4.69, 9.17) is 23.7 Å². The van der Waals surface area contributed by atoms with Gasteiger partial charge in [-0.15, -0.1) is 0 Å². The Kier molecular flexibility index (Phi) is 13.6. The number of cyclic esters (lactones) is 1. The molecule has 0 bridgehead atoms. The van der Waals surface area contributed by atoms with E-state index >= 15 is 0 Å². The van der Waals surface area contributed by atoms with Gasteiger partial charge in [0.15, 0.2) is 17.7 Å². The predicted molar refractivity (Wildman–Crippen MR) is 184 cm³/mol. The van der Waals surface area contributed by atoms with E-state index in [9.17, 15) is 28.3 Å². The molecular formula is C36H62F2N4O9. The zero-order valence-corrected chi connectivity index (χ0v) is 32.1. The fourth-order valence-corrected chi connectivity index (χ4v) is 8.49. The molecule has 4 aliphatic rings. The molecule has 1 amide bonds. The Hall–Kier alpha value is -2.01. The molecule has 4 aliphatic heterocycles. The van der Waals surface area contributed by atoms with Crippen molar-refractivity contribution in [1.29, 1.82) is 0 Å². The second-order valence-electron chi connectivity index (χ2n) is 16.1. The lowest BCUT2D eigenvalue weighted by molar-refractivity contribution is -0.299. The van der Waals surface area contributed by atoms with Gasteiger partial charge in [0.05, 0.1) is 23.9 Å². The standard InChI is InChI=1S/C36H62F2N4O9/c1-11-26-35(7)29(40-33(46)51-35)23(5)39-18-20(2)17-34(6,47-10)30(21(3)27(43)22(4)31(45)49-26)50-32-28(44)25(41(8)9)16-24(48-32)19-42-14-12-36(37,38)13-15-42/h20-26,28-30,32,39,44H,11-19H2,1-10H3,(H,40,46)/t20-,21+,22?,23-,24?,25?,26-,28?,29-,30-,32?,34-,35-/m1/s1. The second-order valence-corrected chi connectivity index (χ2v) is 16.1. The minimum absolute atomic E-state index is 0.0332. The van der Waals surface area contributed by atoms with Crippen molar-refractivity contribution in [3.05, 3.63) is 0 Å². The van der Waals surface area contributed by atoms with Gasteiger partial charge in [0, 0.05) is 57.6 Å². The summed E-state index contributed by atoms with van der Waals surface area (Å²) in [5.41, 5.74) is -2.29. The summed E-state index contributed by atoms with van der Waals surface area (Å²) in [5.74, 6) is -6.04. The lowest BCUT2D eigenvalue weighted by atomic mass is 9.78. The number of ether oxygens (including phenoxy) is 5. The number of alkyl halides is 2. The van der Waals surface area contributed by atoms with Crippen LogP contribution in [0.15, 0.2) is 0 Å². The maximum atomic E-state index is 14.2. The van der Waals surface area contributed by atoms with Crippen LogP contribution in [-0.2, 0) is 33.3 Å². The van der Waals surface area contributed by atoms with Crippen molar-refractivity contribution in [3.8, 4) is 0 Å². The number of nitrogens with zero attached hydrogens (tertiary/aromatic N) is 2. The highest BCUT2D eigenvalue weighted by Gasteiger charge is 2.55. The van der Waals surface area contributed by atoms with Crippen molar-refractivity contribution >= 4 is 17.8 Å². The quantitative estimate of drug-likeness (QED) is 0.261. The molecule has 4 rings (SSSR count). The van der Waals surface area contributed by atoms with Crippen molar-refractivity contribution in [2.45, 2.75) is 147 Å². The fraction of sp³-hybridized carbons (Fsp3) is 0.917. The molecular weight excluding hydrogens is 670 g/mol. The lowest BCUT2D eigenvalue weighted by Crippen LogP contribution is -2.60. The van der Waals surface area contributed by atoms with Crippen LogP contribution in [0.5, 0.6) is 0 Å². The molecule has 4 fully saturated rings. The van der Waals surface area contributed by atoms with Crippen LogP contribution in [0.25, 0.3) is 0 Å². The molecule has 294 valence electrons. The molecule has 13 atom stereocenters. The first-order valence-electron chi connectivity index (χ1n) is 18.5. The van der Waals surface area contributed by atoms with Crippen LogP contribution in [-0.4, -0.2) is 146 Å². The van der Waals surface area contributed by atoms with E-state index in [1.165, 1.54) is 6.92 Å². The Balaban J connectivity index is 1.66. The van der Waals surface area contributed by atoms with Crippen LogP contribution in [0.2, 0.25) is 0 Å². The maximum Gasteiger partial charge on any atom is 0.408 e. The fourth-order valence-electron chi connectivity index (χ4n) is 8.49. The van der Waals surface area contributed by atoms with Gasteiger partial charge >= 0.3 is 12.1 Å². The highest BCUT2D eigenvalue weighted by atomic mass is 19.3. The monoisotopic (exact) mass is 732 g/mol. The number of hydrogen-bond donors (Lipinski definition) is 3. The average Bonchev–Trinajstić information content (AvgIpc) is 3.39. The lowest BCUT2D eigenvalue weighted by Gasteiger charge is -2.48. The summed E-state index contributed by atoms with van der Waals surface area (Å²) in [4.78, 5) is 44.3. The van der Waals surface area contributed by atoms with Crippen molar-refractivity contribution in [2.75, 3.05) is 47.4 Å². The summed E-state index contributed by atoms with van der Waals surface area (Å²) in [6, 6.07) is -1.19. The topological polar surface area (TPSA) is 148 Å². The number of hydrogen-bond acceptors (Lipinski definition) is 12. The van der Waals surface area contributed by atoms with E-state index in [-0.39, 0.29) is 43.9 Å². The van der Waals surface area contributed by atoms with Crippen LogP contribution < -0.4 is 10.6 Å². The van der Waals surface area contributed by atoms with E-state index in [2.05, 4.69) is 10.6 Å². The Morgan fingerprint density at radius 1 is 1.08 bits per heavy atom. The van der Waals surface area contributed by atoms with Gasteiger partial charge in [-0.1, -0.05) is 20.8 Å². The summed E-state index contributed by atoms with van der Waals surface area (Å²) < 4.78 is 58.8. The third-order valence-electron chi connectivity index (χ3n) is 11.8. The first kappa shape index (κ1) is 41.7. The molecule has 4 heterocycles. The van der Waals surface area contributed by atoms with Crippen LogP contribution >= 0.6 is 0 Å². The Labute approximate surface area is 301 Å². The Morgan fingerprint density at radius 2 is 1.73 bits per heavy atom. The second kappa shape index (κ2) is 16.6. The number of likely N-dealkylation sites (N-methyl/N-ethyl adjacent to an activating group) is 1. The molecule has 0 aliphatic carbocycles. The number of halogens is 2. The van der Waals surface area contributed by atoms with Gasteiger partial charge in [-0.25, -0.2) is 13.6 Å². The third-order valence-corrected chi connectivity index (χ3v) is 11.8. The van der Waals surface area contributed by atoms with Gasteiger partial charge < -0.3 is 49.2 Å². The maximum absolute atomic E-state index is 14.2. The molecule has 0 saturated carbocycles. The Bertz CT molecular complexity index is 1220. The number of likely N-dealkylation sites (tertiary alicyclic amines) is 1. The number of methoxy groups -OCH3 is 1. The SMILES string of the molecule is CC[C@H]1OC(=O)C(C)C(=O)[C@H](C)[C@@H](OC2OC(CN3CCC(F)(F)CC3)CC(N(C)C)C2O)[C@](C)(OC)C[C@@H](C)CN[C@H](C)[C@H]2NC(=O)O[C@@]21C. The summed E-state index contributed by atoms with van der Waals surface area (Å²) in [6.07, 6.45) is -4.38. The molecule has 4 saturated heterocycles. The highest BCUT2D eigenvalue weighted by molar-refractivity contribution is 6.00. The molecule has 51 heavy (non-hydrogen) atoms. The number of fused-ring (bicyclic) bond motifs is 1. The Morgan fingerprint density at radius 3 is 2.31 bits per heavy atom. The number of carbonyl (C=O) groups is 3. The smallest absolute Gasteiger partial charge is 0.408 e. The van der Waals surface area contributed by atoms with Crippen LogP contribution in [0.4, 0.5) is 13.6 Å². The first-order valence-corrected chi connectivity index (χ1v) is 18.5. The number of piperidine rings is 1. The molecule has 15 heteroatoms. The normalized spacial score (nSPS) is 43.4. The molecule has 13 nitrogen and oxygen atoms in total. The van der Waals surface area contributed by atoms with Crippen LogP contribution in [0.1, 0.15) is 80.6 Å². The number of alkyl carbamates (subject to hydrolysis) is 1. The van der Waals surface area contributed by atoms with Crippen molar-refractivity contribution in [3.63, 3.8) is 0 Å². The number of aliphatic hydroxyl groups is 1.